The van der Waals surface area contributed by atoms with Crippen molar-refractivity contribution in [2.24, 2.45) is 0 Å². The minimum absolute atomic E-state index is 0.502. The van der Waals surface area contributed by atoms with Crippen LogP contribution < -0.4 is 10.5 Å². The summed E-state index contributed by atoms with van der Waals surface area (Å²) < 4.78 is 5.72. The van der Waals surface area contributed by atoms with E-state index in [0.29, 0.717) is 17.3 Å². The Labute approximate surface area is 104 Å². The number of nitrogen functional groups attached to an aromatic ring is 1. The number of fused-ring (bicyclic) bond motifs is 1. The van der Waals surface area contributed by atoms with Crippen molar-refractivity contribution in [3.63, 3.8) is 0 Å². The average Bonchev–Trinajstić information content (AvgIpc) is 2.42. The van der Waals surface area contributed by atoms with Crippen molar-refractivity contribution in [2.45, 2.75) is 0 Å². The maximum atomic E-state index is 5.72. The number of benzene rings is 1. The smallest absolute Gasteiger partial charge is 0.219 e. The quantitative estimate of drug-likeness (QED) is 0.744. The lowest BCUT2D eigenvalue weighted by molar-refractivity contribution is 0.467. The first-order valence-electron chi connectivity index (χ1n) is 5.56. The first-order valence-corrected chi connectivity index (χ1v) is 5.56. The van der Waals surface area contributed by atoms with E-state index in [0.717, 1.165) is 10.9 Å². The van der Waals surface area contributed by atoms with Crippen molar-refractivity contribution in [3.05, 3.63) is 54.9 Å². The summed E-state index contributed by atoms with van der Waals surface area (Å²) in [5.41, 5.74) is 7.01. The highest BCUT2D eigenvalue weighted by molar-refractivity contribution is 5.84. The molecule has 2 aromatic heterocycles. The number of pyridine rings is 2. The zero-order valence-corrected chi connectivity index (χ0v) is 9.58. The van der Waals surface area contributed by atoms with Gasteiger partial charge >= 0.3 is 0 Å². The monoisotopic (exact) mass is 237 g/mol. The lowest BCUT2D eigenvalue weighted by Crippen LogP contribution is -1.91. The molecule has 2 heterocycles. The van der Waals surface area contributed by atoms with Gasteiger partial charge in [0.1, 0.15) is 5.52 Å². The third-order valence-corrected chi connectivity index (χ3v) is 2.57. The Morgan fingerprint density at radius 3 is 2.67 bits per heavy atom. The number of rotatable bonds is 2. The summed E-state index contributed by atoms with van der Waals surface area (Å²) >= 11 is 0. The molecule has 1 aromatic carbocycles. The fourth-order valence-corrected chi connectivity index (χ4v) is 1.72. The van der Waals surface area contributed by atoms with Gasteiger partial charge in [-0.05, 0) is 18.2 Å². The standard InChI is InChI=1S/C14H11N3O/c15-11-6-7-13(17-9-11)18-12-5-1-3-10-4-2-8-16-14(10)12/h1-9H,15H2. The van der Waals surface area contributed by atoms with E-state index in [1.165, 1.54) is 0 Å². The number of aromatic nitrogens is 2. The molecule has 4 nitrogen and oxygen atoms in total. The number of hydrogen-bond acceptors (Lipinski definition) is 4. The molecule has 3 rings (SSSR count). The van der Waals surface area contributed by atoms with E-state index in [1.54, 1.807) is 24.5 Å². The number of hydrogen-bond donors (Lipinski definition) is 1. The van der Waals surface area contributed by atoms with E-state index in [1.807, 2.05) is 30.3 Å². The Kier molecular flexibility index (Phi) is 2.53. The molecule has 2 N–H and O–H groups in total. The number of nitrogens with two attached hydrogens (primary N) is 1. The maximum absolute atomic E-state index is 5.72. The highest BCUT2D eigenvalue weighted by Crippen LogP contribution is 2.27. The van der Waals surface area contributed by atoms with Crippen LogP contribution in [0.25, 0.3) is 10.9 Å². The number of para-hydroxylation sites is 1. The molecule has 0 radical (unpaired) electrons. The van der Waals surface area contributed by atoms with Crippen molar-refractivity contribution in [1.82, 2.24) is 9.97 Å². The van der Waals surface area contributed by atoms with Gasteiger partial charge in [-0.1, -0.05) is 18.2 Å². The van der Waals surface area contributed by atoms with Gasteiger partial charge in [0.2, 0.25) is 5.88 Å². The molecule has 0 bridgehead atoms. The normalized spacial score (nSPS) is 10.4. The van der Waals surface area contributed by atoms with E-state index in [-0.39, 0.29) is 0 Å². The molecule has 0 saturated heterocycles. The van der Waals surface area contributed by atoms with Gasteiger partial charge in [0.05, 0.1) is 11.9 Å². The van der Waals surface area contributed by atoms with Crippen molar-refractivity contribution in [1.29, 1.82) is 0 Å². The second-order valence-corrected chi connectivity index (χ2v) is 3.86. The van der Waals surface area contributed by atoms with Crippen LogP contribution in [-0.2, 0) is 0 Å². The average molecular weight is 237 g/mol. The van der Waals surface area contributed by atoms with Crippen LogP contribution >= 0.6 is 0 Å². The molecule has 0 atom stereocenters. The summed E-state index contributed by atoms with van der Waals surface area (Å²) in [5.74, 6) is 1.19. The predicted octanol–water partition coefficient (Wildman–Crippen LogP) is 3.00. The molecule has 18 heavy (non-hydrogen) atoms. The SMILES string of the molecule is Nc1ccc(Oc2cccc3cccnc23)nc1. The Bertz CT molecular complexity index is 675. The summed E-state index contributed by atoms with van der Waals surface area (Å²) in [5, 5.41) is 1.03. The van der Waals surface area contributed by atoms with E-state index < -0.39 is 0 Å². The fraction of sp³-hybridized carbons (Fsp3) is 0. The second kappa shape index (κ2) is 4.33. The number of nitrogens with zero attached hydrogens (tertiary/aromatic N) is 2. The summed E-state index contributed by atoms with van der Waals surface area (Å²) in [6.07, 6.45) is 3.31. The van der Waals surface area contributed by atoms with Gasteiger partial charge in [-0.25, -0.2) is 4.98 Å². The fourth-order valence-electron chi connectivity index (χ4n) is 1.72. The molecule has 0 aliphatic heterocycles. The molecule has 0 aliphatic carbocycles. The first-order chi connectivity index (χ1) is 8.83. The predicted molar refractivity (Wildman–Crippen MR) is 70.5 cm³/mol. The molecule has 4 heteroatoms. The van der Waals surface area contributed by atoms with Crippen molar-refractivity contribution < 1.29 is 4.74 Å². The number of ether oxygens (including phenoxy) is 1. The van der Waals surface area contributed by atoms with E-state index in [9.17, 15) is 0 Å². The van der Waals surface area contributed by atoms with Crippen LogP contribution in [0, 0.1) is 0 Å². The molecule has 0 fully saturated rings. The largest absolute Gasteiger partial charge is 0.437 e. The van der Waals surface area contributed by atoms with Crippen LogP contribution in [0.1, 0.15) is 0 Å². The van der Waals surface area contributed by atoms with Gasteiger partial charge in [-0.15, -0.1) is 0 Å². The van der Waals surface area contributed by atoms with Gasteiger partial charge in [-0.2, -0.15) is 0 Å². The second-order valence-electron chi connectivity index (χ2n) is 3.86. The molecule has 0 amide bonds. The molecular formula is C14H11N3O. The topological polar surface area (TPSA) is 61.0 Å². The van der Waals surface area contributed by atoms with Crippen LogP contribution in [-0.4, -0.2) is 9.97 Å². The molecule has 88 valence electrons. The van der Waals surface area contributed by atoms with Gasteiger partial charge < -0.3 is 10.5 Å². The minimum atomic E-state index is 0.502. The first kappa shape index (κ1) is 10.5. The Morgan fingerprint density at radius 1 is 0.944 bits per heavy atom. The lowest BCUT2D eigenvalue weighted by atomic mass is 10.2. The zero-order valence-electron chi connectivity index (χ0n) is 9.58. The van der Waals surface area contributed by atoms with Crippen molar-refractivity contribution >= 4 is 16.6 Å². The van der Waals surface area contributed by atoms with Gasteiger partial charge in [0.15, 0.2) is 5.75 Å². The summed E-state index contributed by atoms with van der Waals surface area (Å²) in [7, 11) is 0. The molecule has 3 aromatic rings. The van der Waals surface area contributed by atoms with E-state index in [2.05, 4.69) is 9.97 Å². The third-order valence-electron chi connectivity index (χ3n) is 2.57. The van der Waals surface area contributed by atoms with Crippen molar-refractivity contribution in [3.8, 4) is 11.6 Å². The molecule has 0 spiro atoms. The van der Waals surface area contributed by atoms with Gasteiger partial charge in [-0.3, -0.25) is 4.98 Å². The van der Waals surface area contributed by atoms with Crippen LogP contribution in [0.2, 0.25) is 0 Å². The van der Waals surface area contributed by atoms with Crippen LogP contribution in [0.4, 0.5) is 5.69 Å². The molecule has 0 saturated carbocycles. The lowest BCUT2D eigenvalue weighted by Gasteiger charge is -2.07. The van der Waals surface area contributed by atoms with Crippen LogP contribution in [0.5, 0.6) is 11.6 Å². The zero-order chi connectivity index (χ0) is 12.4. The summed E-state index contributed by atoms with van der Waals surface area (Å²) in [6, 6.07) is 13.2. The maximum Gasteiger partial charge on any atom is 0.219 e. The Hall–Kier alpha value is -2.62. The number of anilines is 1. The third kappa shape index (κ3) is 1.96. The highest BCUT2D eigenvalue weighted by Gasteiger charge is 2.04. The van der Waals surface area contributed by atoms with Gasteiger partial charge in [0, 0.05) is 17.6 Å². The van der Waals surface area contributed by atoms with Gasteiger partial charge in [0.25, 0.3) is 0 Å². The van der Waals surface area contributed by atoms with E-state index >= 15 is 0 Å². The minimum Gasteiger partial charge on any atom is -0.437 e. The molecular weight excluding hydrogens is 226 g/mol. The molecule has 0 unspecified atom stereocenters. The van der Waals surface area contributed by atoms with E-state index in [4.69, 9.17) is 10.5 Å². The van der Waals surface area contributed by atoms with Crippen LogP contribution in [0.15, 0.2) is 54.9 Å². The van der Waals surface area contributed by atoms with Crippen molar-refractivity contribution in [2.75, 3.05) is 5.73 Å². The van der Waals surface area contributed by atoms with Crippen LogP contribution in [0.3, 0.4) is 0 Å². The molecule has 0 aliphatic rings. The Balaban J connectivity index is 2.02. The summed E-state index contributed by atoms with van der Waals surface area (Å²) in [4.78, 5) is 8.42. The highest BCUT2D eigenvalue weighted by atomic mass is 16.5. The Morgan fingerprint density at radius 2 is 1.83 bits per heavy atom. The summed E-state index contributed by atoms with van der Waals surface area (Å²) in [6.45, 7) is 0.